The smallest absolute Gasteiger partial charge is 0.265 e. The monoisotopic (exact) mass is 495 g/mol. The van der Waals surface area contributed by atoms with Crippen LogP contribution in [0, 0.1) is 5.92 Å². The SMILES string of the molecule is CCC1CC(=O)N(Cc2ccc(NC(=O)c3cccs3)cc2)N=C1c1ccc(OCF)c(OC)c1. The molecule has 1 unspecified atom stereocenters. The largest absolute Gasteiger partial charge is 0.493 e. The van der Waals surface area contributed by atoms with Crippen molar-refractivity contribution < 1.29 is 23.5 Å². The van der Waals surface area contributed by atoms with Gasteiger partial charge in [-0.2, -0.15) is 5.10 Å². The van der Waals surface area contributed by atoms with Crippen LogP contribution in [0.2, 0.25) is 0 Å². The number of carbonyl (C=O) groups excluding carboxylic acids is 2. The lowest BCUT2D eigenvalue weighted by molar-refractivity contribution is -0.133. The minimum absolute atomic E-state index is 0.0359. The number of hydrogen-bond acceptors (Lipinski definition) is 6. The van der Waals surface area contributed by atoms with Gasteiger partial charge in [-0.1, -0.05) is 25.1 Å². The maximum absolute atomic E-state index is 12.8. The van der Waals surface area contributed by atoms with Gasteiger partial charge in [-0.3, -0.25) is 9.59 Å². The zero-order valence-electron chi connectivity index (χ0n) is 19.5. The molecule has 1 atom stereocenters. The van der Waals surface area contributed by atoms with Gasteiger partial charge in [0, 0.05) is 23.6 Å². The van der Waals surface area contributed by atoms with Gasteiger partial charge in [-0.15, -0.1) is 11.3 Å². The zero-order valence-corrected chi connectivity index (χ0v) is 20.3. The van der Waals surface area contributed by atoms with Crippen molar-refractivity contribution >= 4 is 34.6 Å². The van der Waals surface area contributed by atoms with E-state index in [4.69, 9.17) is 14.6 Å². The summed E-state index contributed by atoms with van der Waals surface area (Å²) in [7, 11) is 1.49. The van der Waals surface area contributed by atoms with Crippen LogP contribution in [0.3, 0.4) is 0 Å². The number of hydrazone groups is 1. The number of benzene rings is 2. The van der Waals surface area contributed by atoms with Crippen molar-refractivity contribution in [2.45, 2.75) is 26.3 Å². The van der Waals surface area contributed by atoms with Crippen LogP contribution < -0.4 is 14.8 Å². The van der Waals surface area contributed by atoms with Gasteiger partial charge in [-0.25, -0.2) is 9.40 Å². The standard InChI is InChI=1S/C26H26FN3O4S/c1-3-18-14-24(31)30(29-25(18)19-8-11-21(34-16-27)22(13-19)33-2)15-17-6-9-20(10-7-17)28-26(32)23-5-4-12-35-23/h4-13,18H,3,14-16H2,1-2H3,(H,28,32). The summed E-state index contributed by atoms with van der Waals surface area (Å²) in [6.45, 7) is 1.37. The van der Waals surface area contributed by atoms with E-state index in [2.05, 4.69) is 5.32 Å². The highest BCUT2D eigenvalue weighted by Crippen LogP contribution is 2.32. The van der Waals surface area contributed by atoms with Gasteiger partial charge in [0.2, 0.25) is 12.8 Å². The van der Waals surface area contributed by atoms with Crippen LogP contribution in [0.15, 0.2) is 65.1 Å². The van der Waals surface area contributed by atoms with E-state index >= 15 is 0 Å². The van der Waals surface area contributed by atoms with E-state index in [1.165, 1.54) is 23.5 Å². The highest BCUT2D eigenvalue weighted by atomic mass is 32.1. The lowest BCUT2D eigenvalue weighted by Gasteiger charge is -2.29. The van der Waals surface area contributed by atoms with Crippen LogP contribution in [-0.2, 0) is 11.3 Å². The Morgan fingerprint density at radius 1 is 1.20 bits per heavy atom. The van der Waals surface area contributed by atoms with Gasteiger partial charge in [0.25, 0.3) is 5.91 Å². The number of thiophene rings is 1. The summed E-state index contributed by atoms with van der Waals surface area (Å²) in [6, 6.07) is 16.2. The third-order valence-electron chi connectivity index (χ3n) is 5.78. The summed E-state index contributed by atoms with van der Waals surface area (Å²) in [5.41, 5.74) is 3.13. The molecular weight excluding hydrogens is 469 g/mol. The molecule has 1 aliphatic heterocycles. The maximum atomic E-state index is 12.8. The summed E-state index contributed by atoms with van der Waals surface area (Å²) >= 11 is 1.38. The van der Waals surface area contributed by atoms with Gasteiger partial charge in [-0.05, 0) is 53.8 Å². The molecule has 0 saturated carbocycles. The number of carbonyl (C=O) groups is 2. The molecule has 0 radical (unpaired) electrons. The summed E-state index contributed by atoms with van der Waals surface area (Å²) in [5, 5.41) is 10.9. The van der Waals surface area contributed by atoms with Crippen LogP contribution in [0.5, 0.6) is 11.5 Å². The molecule has 0 bridgehead atoms. The highest BCUT2D eigenvalue weighted by Gasteiger charge is 2.29. The Hall–Kier alpha value is -3.72. The fourth-order valence-corrected chi connectivity index (χ4v) is 4.53. The van der Waals surface area contributed by atoms with E-state index in [1.54, 1.807) is 24.3 Å². The molecule has 1 N–H and O–H groups in total. The van der Waals surface area contributed by atoms with Gasteiger partial charge in [0.1, 0.15) is 0 Å². The number of methoxy groups -OCH3 is 1. The van der Waals surface area contributed by atoms with E-state index in [0.29, 0.717) is 35.0 Å². The number of alkyl halides is 1. The number of rotatable bonds is 9. The Morgan fingerprint density at radius 2 is 2.00 bits per heavy atom. The average Bonchev–Trinajstić information content (AvgIpc) is 3.42. The van der Waals surface area contributed by atoms with Crippen LogP contribution in [0.25, 0.3) is 0 Å². The molecule has 2 aromatic carbocycles. The van der Waals surface area contributed by atoms with Gasteiger partial charge in [0.15, 0.2) is 11.5 Å². The normalized spacial score (nSPS) is 15.5. The van der Waals surface area contributed by atoms with Crippen molar-refractivity contribution in [2.24, 2.45) is 11.0 Å². The van der Waals surface area contributed by atoms with E-state index in [9.17, 15) is 14.0 Å². The quantitative estimate of drug-likeness (QED) is 0.426. The zero-order chi connectivity index (χ0) is 24.8. The topological polar surface area (TPSA) is 80.2 Å². The molecule has 0 spiro atoms. The van der Waals surface area contributed by atoms with Crippen molar-refractivity contribution in [1.82, 2.24) is 5.01 Å². The van der Waals surface area contributed by atoms with Crippen LogP contribution >= 0.6 is 11.3 Å². The van der Waals surface area contributed by atoms with E-state index in [-0.39, 0.29) is 17.7 Å². The molecule has 4 rings (SSSR count). The molecule has 1 aliphatic rings. The number of ether oxygens (including phenoxy) is 2. The summed E-state index contributed by atoms with van der Waals surface area (Å²) in [5.74, 6) is 0.465. The van der Waals surface area contributed by atoms with E-state index < -0.39 is 6.86 Å². The second kappa shape index (κ2) is 11.1. The lowest BCUT2D eigenvalue weighted by Crippen LogP contribution is -2.36. The summed E-state index contributed by atoms with van der Waals surface area (Å²) in [4.78, 5) is 25.7. The summed E-state index contributed by atoms with van der Waals surface area (Å²) in [6.07, 6.45) is 1.09. The van der Waals surface area contributed by atoms with E-state index in [1.807, 2.05) is 42.6 Å². The maximum Gasteiger partial charge on any atom is 0.265 e. The van der Waals surface area contributed by atoms with Crippen LogP contribution in [-0.4, -0.2) is 36.5 Å². The number of amides is 2. The second-order valence-corrected chi connectivity index (χ2v) is 8.94. The molecule has 35 heavy (non-hydrogen) atoms. The van der Waals surface area contributed by atoms with Gasteiger partial charge >= 0.3 is 0 Å². The number of nitrogens with one attached hydrogen (secondary N) is 1. The van der Waals surface area contributed by atoms with Crippen molar-refractivity contribution in [2.75, 3.05) is 19.3 Å². The first-order valence-electron chi connectivity index (χ1n) is 11.2. The van der Waals surface area contributed by atoms with Crippen molar-refractivity contribution in [1.29, 1.82) is 0 Å². The first kappa shape index (κ1) is 24.4. The first-order chi connectivity index (χ1) is 17.0. The average molecular weight is 496 g/mol. The fraction of sp³-hybridized carbons (Fsp3) is 0.269. The third-order valence-corrected chi connectivity index (χ3v) is 6.64. The van der Waals surface area contributed by atoms with Crippen molar-refractivity contribution in [3.8, 4) is 11.5 Å². The van der Waals surface area contributed by atoms with Crippen LogP contribution in [0.1, 0.15) is 40.6 Å². The number of anilines is 1. The lowest BCUT2D eigenvalue weighted by atomic mass is 9.89. The number of nitrogens with zero attached hydrogens (tertiary/aromatic N) is 2. The number of halogens is 1. The van der Waals surface area contributed by atoms with Crippen molar-refractivity contribution in [3.63, 3.8) is 0 Å². The Kier molecular flexibility index (Phi) is 7.77. The highest BCUT2D eigenvalue weighted by molar-refractivity contribution is 7.12. The van der Waals surface area contributed by atoms with Crippen LogP contribution in [0.4, 0.5) is 10.1 Å². The van der Waals surface area contributed by atoms with Crippen molar-refractivity contribution in [3.05, 3.63) is 76.0 Å². The minimum Gasteiger partial charge on any atom is -0.493 e. The van der Waals surface area contributed by atoms with Gasteiger partial charge in [0.05, 0.1) is 24.2 Å². The molecule has 0 fully saturated rings. The molecule has 0 aliphatic carbocycles. The molecule has 2 amide bonds. The Balaban J connectivity index is 1.52. The third kappa shape index (κ3) is 5.68. The molecule has 9 heteroatoms. The molecule has 7 nitrogen and oxygen atoms in total. The van der Waals surface area contributed by atoms with Gasteiger partial charge < -0.3 is 14.8 Å². The Bertz CT molecular complexity index is 1210. The molecule has 0 saturated heterocycles. The Labute approximate surface area is 207 Å². The first-order valence-corrected chi connectivity index (χ1v) is 12.1. The van der Waals surface area contributed by atoms with E-state index in [0.717, 1.165) is 23.3 Å². The number of hydrogen-bond donors (Lipinski definition) is 1. The summed E-state index contributed by atoms with van der Waals surface area (Å²) < 4.78 is 23.0. The molecule has 1 aromatic heterocycles. The molecule has 2 heterocycles. The molecule has 3 aromatic rings. The predicted octanol–water partition coefficient (Wildman–Crippen LogP) is 5.48. The fourth-order valence-electron chi connectivity index (χ4n) is 3.91. The minimum atomic E-state index is -0.951. The molecule has 182 valence electrons. The predicted molar refractivity (Wildman–Crippen MR) is 134 cm³/mol. The molecular formula is C26H26FN3O4S. The second-order valence-electron chi connectivity index (χ2n) is 7.99. The Morgan fingerprint density at radius 3 is 2.66 bits per heavy atom.